The van der Waals surface area contributed by atoms with Crippen molar-refractivity contribution >= 4 is 5.91 Å². The summed E-state index contributed by atoms with van der Waals surface area (Å²) >= 11 is 0. The van der Waals surface area contributed by atoms with Crippen molar-refractivity contribution in [3.05, 3.63) is 23.5 Å². The second kappa shape index (κ2) is 9.71. The summed E-state index contributed by atoms with van der Waals surface area (Å²) in [6.45, 7) is 13.8. The predicted octanol–water partition coefficient (Wildman–Crippen LogP) is 1.86. The number of nitrogens with one attached hydrogen (secondary N) is 2. The molecule has 0 aromatic carbocycles. The van der Waals surface area contributed by atoms with Gasteiger partial charge >= 0.3 is 0 Å². The van der Waals surface area contributed by atoms with Crippen LogP contribution in [0.15, 0.2) is 23.5 Å². The molecule has 0 rings (SSSR count). The highest BCUT2D eigenvalue weighted by atomic mass is 16.1. The molecule has 0 aromatic heterocycles. The number of carbonyl (C=O) groups is 1. The van der Waals surface area contributed by atoms with Gasteiger partial charge < -0.3 is 15.5 Å². The molecule has 104 valence electrons. The number of carbonyl (C=O) groups excluding carboxylic acids is 1. The molecule has 4 nitrogen and oxygen atoms in total. The predicted molar refractivity (Wildman–Crippen MR) is 77.1 cm³/mol. The normalized spacial score (nSPS) is 11.3. The number of hydrogen-bond donors (Lipinski definition) is 2. The molecule has 0 fully saturated rings. The van der Waals surface area contributed by atoms with Crippen molar-refractivity contribution in [2.24, 2.45) is 0 Å². The Kier molecular flexibility index (Phi) is 9.01. The minimum absolute atomic E-state index is 0.0469. The van der Waals surface area contributed by atoms with Gasteiger partial charge in [-0.15, -0.1) is 0 Å². The van der Waals surface area contributed by atoms with Gasteiger partial charge in [0.1, 0.15) is 0 Å². The molecule has 4 heteroatoms. The highest BCUT2D eigenvalue weighted by molar-refractivity contribution is 5.88. The van der Waals surface area contributed by atoms with E-state index in [0.29, 0.717) is 6.54 Å². The van der Waals surface area contributed by atoms with E-state index in [9.17, 15) is 4.79 Å². The first-order chi connectivity index (χ1) is 8.49. The van der Waals surface area contributed by atoms with Crippen LogP contribution in [0.5, 0.6) is 0 Å². The number of hydrogen-bond acceptors (Lipinski definition) is 3. The van der Waals surface area contributed by atoms with E-state index in [0.717, 1.165) is 25.3 Å². The van der Waals surface area contributed by atoms with Gasteiger partial charge in [-0.25, -0.2) is 0 Å². The molecule has 0 atom stereocenters. The molecule has 0 aliphatic carbocycles. The Morgan fingerprint density at radius 1 is 1.17 bits per heavy atom. The summed E-state index contributed by atoms with van der Waals surface area (Å²) in [6, 6.07) is 0. The Hall–Kier alpha value is -1.29. The SMILES string of the molecule is CCN(CC)CCNC(=O)/C=C(\C)NC=C(C)C. The Labute approximate surface area is 111 Å². The topological polar surface area (TPSA) is 44.4 Å². The molecule has 0 aliphatic heterocycles. The van der Waals surface area contributed by atoms with Crippen LogP contribution in [0.3, 0.4) is 0 Å². The van der Waals surface area contributed by atoms with Crippen molar-refractivity contribution in [2.75, 3.05) is 26.2 Å². The van der Waals surface area contributed by atoms with Crippen LogP contribution in [0.2, 0.25) is 0 Å². The highest BCUT2D eigenvalue weighted by Gasteiger charge is 2.00. The van der Waals surface area contributed by atoms with Gasteiger partial charge in [0.15, 0.2) is 0 Å². The zero-order chi connectivity index (χ0) is 14.0. The third-order valence-electron chi connectivity index (χ3n) is 2.56. The smallest absolute Gasteiger partial charge is 0.245 e. The Morgan fingerprint density at radius 3 is 2.28 bits per heavy atom. The van der Waals surface area contributed by atoms with Crippen molar-refractivity contribution in [1.29, 1.82) is 0 Å². The van der Waals surface area contributed by atoms with Gasteiger partial charge in [-0.2, -0.15) is 0 Å². The van der Waals surface area contributed by atoms with Gasteiger partial charge in [0, 0.05) is 24.9 Å². The first-order valence-corrected chi connectivity index (χ1v) is 6.58. The maximum atomic E-state index is 11.6. The zero-order valence-corrected chi connectivity index (χ0v) is 12.3. The number of allylic oxidation sites excluding steroid dienone is 2. The van der Waals surface area contributed by atoms with E-state index in [1.807, 2.05) is 27.0 Å². The molecule has 18 heavy (non-hydrogen) atoms. The summed E-state index contributed by atoms with van der Waals surface area (Å²) in [4.78, 5) is 13.9. The highest BCUT2D eigenvalue weighted by Crippen LogP contribution is 1.91. The van der Waals surface area contributed by atoms with Crippen molar-refractivity contribution in [1.82, 2.24) is 15.5 Å². The summed E-state index contributed by atoms with van der Waals surface area (Å²) < 4.78 is 0. The summed E-state index contributed by atoms with van der Waals surface area (Å²) in [5.41, 5.74) is 2.02. The van der Waals surface area contributed by atoms with Crippen molar-refractivity contribution in [3.63, 3.8) is 0 Å². The van der Waals surface area contributed by atoms with Crippen molar-refractivity contribution < 1.29 is 4.79 Å². The standard InChI is InChI=1S/C14H27N3O/c1-6-17(7-2)9-8-15-14(18)10-13(5)16-11-12(3)4/h10-11,16H,6-9H2,1-5H3,(H,15,18)/b13-10+. The van der Waals surface area contributed by atoms with Gasteiger partial charge in [-0.05, 0) is 40.1 Å². The zero-order valence-electron chi connectivity index (χ0n) is 12.3. The summed E-state index contributed by atoms with van der Waals surface area (Å²) in [5.74, 6) is -0.0469. The van der Waals surface area contributed by atoms with Crippen LogP contribution in [-0.2, 0) is 4.79 Å². The average molecular weight is 253 g/mol. The fourth-order valence-corrected chi connectivity index (χ4v) is 1.42. The molecular formula is C14H27N3O. The first-order valence-electron chi connectivity index (χ1n) is 6.58. The molecule has 0 heterocycles. The minimum Gasteiger partial charge on any atom is -0.365 e. The lowest BCUT2D eigenvalue weighted by molar-refractivity contribution is -0.116. The molecule has 2 N–H and O–H groups in total. The molecule has 0 saturated heterocycles. The lowest BCUT2D eigenvalue weighted by Gasteiger charge is -2.17. The Balaban J connectivity index is 3.96. The van der Waals surface area contributed by atoms with Crippen LogP contribution in [0, 0.1) is 0 Å². The molecule has 0 aliphatic rings. The maximum absolute atomic E-state index is 11.6. The van der Waals surface area contributed by atoms with E-state index >= 15 is 0 Å². The Bertz CT molecular complexity index is 300. The molecule has 0 bridgehead atoms. The fourth-order valence-electron chi connectivity index (χ4n) is 1.42. The van der Waals surface area contributed by atoms with Gasteiger partial charge in [-0.3, -0.25) is 4.79 Å². The molecular weight excluding hydrogens is 226 g/mol. The summed E-state index contributed by atoms with van der Waals surface area (Å²) in [5, 5.41) is 5.94. The number of likely N-dealkylation sites (N-methyl/N-ethyl adjacent to an activating group) is 1. The van der Waals surface area contributed by atoms with Gasteiger partial charge in [0.05, 0.1) is 0 Å². The van der Waals surface area contributed by atoms with Gasteiger partial charge in [0.2, 0.25) is 5.91 Å². The molecule has 0 unspecified atom stereocenters. The van der Waals surface area contributed by atoms with E-state index in [-0.39, 0.29) is 5.91 Å². The third-order valence-corrected chi connectivity index (χ3v) is 2.56. The lowest BCUT2D eigenvalue weighted by atomic mass is 10.3. The largest absolute Gasteiger partial charge is 0.365 e. The van der Waals surface area contributed by atoms with E-state index in [1.54, 1.807) is 6.08 Å². The fraction of sp³-hybridized carbons (Fsp3) is 0.643. The Morgan fingerprint density at radius 2 is 1.78 bits per heavy atom. The second-order valence-corrected chi connectivity index (χ2v) is 4.51. The van der Waals surface area contributed by atoms with E-state index in [1.165, 1.54) is 5.57 Å². The van der Waals surface area contributed by atoms with Gasteiger partial charge in [-0.1, -0.05) is 19.4 Å². The molecule has 1 amide bonds. The van der Waals surface area contributed by atoms with E-state index < -0.39 is 0 Å². The van der Waals surface area contributed by atoms with Crippen LogP contribution in [-0.4, -0.2) is 37.0 Å². The van der Waals surface area contributed by atoms with Crippen molar-refractivity contribution in [2.45, 2.75) is 34.6 Å². The quantitative estimate of drug-likeness (QED) is 0.649. The van der Waals surface area contributed by atoms with Crippen LogP contribution in [0.1, 0.15) is 34.6 Å². The molecule has 0 aromatic rings. The number of rotatable bonds is 8. The monoisotopic (exact) mass is 253 g/mol. The molecule has 0 saturated carbocycles. The average Bonchev–Trinajstić information content (AvgIpc) is 2.32. The van der Waals surface area contributed by atoms with Crippen LogP contribution < -0.4 is 10.6 Å². The van der Waals surface area contributed by atoms with Gasteiger partial charge in [0.25, 0.3) is 0 Å². The summed E-state index contributed by atoms with van der Waals surface area (Å²) in [7, 11) is 0. The van der Waals surface area contributed by atoms with Crippen LogP contribution in [0.25, 0.3) is 0 Å². The van der Waals surface area contributed by atoms with E-state index in [4.69, 9.17) is 0 Å². The second-order valence-electron chi connectivity index (χ2n) is 4.51. The number of amides is 1. The van der Waals surface area contributed by atoms with Crippen LogP contribution >= 0.6 is 0 Å². The molecule has 0 radical (unpaired) electrons. The van der Waals surface area contributed by atoms with Crippen LogP contribution in [0.4, 0.5) is 0 Å². The van der Waals surface area contributed by atoms with Crippen molar-refractivity contribution in [3.8, 4) is 0 Å². The first kappa shape index (κ1) is 16.7. The summed E-state index contributed by atoms with van der Waals surface area (Å²) in [6.07, 6.45) is 3.47. The van der Waals surface area contributed by atoms with E-state index in [2.05, 4.69) is 29.4 Å². The lowest BCUT2D eigenvalue weighted by Crippen LogP contribution is -2.34. The number of nitrogens with zero attached hydrogens (tertiary/aromatic N) is 1. The minimum atomic E-state index is -0.0469. The molecule has 0 spiro atoms. The maximum Gasteiger partial charge on any atom is 0.245 e. The third kappa shape index (κ3) is 8.82.